The van der Waals surface area contributed by atoms with E-state index in [-0.39, 0.29) is 12.0 Å². The van der Waals surface area contributed by atoms with E-state index in [1.54, 1.807) is 11.2 Å². The molecule has 0 saturated heterocycles. The van der Waals surface area contributed by atoms with E-state index in [0.29, 0.717) is 41.9 Å². The smallest absolute Gasteiger partial charge is 0.273 e. The Labute approximate surface area is 161 Å². The number of fused-ring (bicyclic) bond motifs is 1. The Morgan fingerprint density at radius 3 is 2.81 bits per heavy atom. The van der Waals surface area contributed by atoms with Gasteiger partial charge in [-0.3, -0.25) is 4.79 Å². The predicted octanol–water partition coefficient (Wildman–Crippen LogP) is 4.01. The van der Waals surface area contributed by atoms with Crippen molar-refractivity contribution in [3.8, 4) is 22.3 Å². The number of para-hydroxylation sites is 2. The summed E-state index contributed by atoms with van der Waals surface area (Å²) in [5.41, 5.74) is 0.463. The lowest BCUT2D eigenvalue weighted by Crippen LogP contribution is -2.43. The van der Waals surface area contributed by atoms with Crippen LogP contribution in [0.5, 0.6) is 11.5 Å². The molecule has 140 valence electrons. The van der Waals surface area contributed by atoms with Crippen LogP contribution in [0.1, 0.15) is 22.3 Å². The molecule has 1 atom stereocenters. The molecule has 4 rings (SSSR count). The highest BCUT2D eigenvalue weighted by Crippen LogP contribution is 2.32. The first-order valence-corrected chi connectivity index (χ1v) is 9.66. The molecule has 0 aliphatic carbocycles. The number of aromatic nitrogens is 1. The summed E-state index contributed by atoms with van der Waals surface area (Å²) < 4.78 is 17.1. The maximum Gasteiger partial charge on any atom is 0.273 e. The Balaban J connectivity index is 1.49. The van der Waals surface area contributed by atoms with E-state index in [1.165, 1.54) is 11.3 Å². The molecule has 0 radical (unpaired) electrons. The summed E-state index contributed by atoms with van der Waals surface area (Å²) in [5, 5.41) is 0.711. The van der Waals surface area contributed by atoms with Crippen molar-refractivity contribution < 1.29 is 18.7 Å². The quantitative estimate of drug-likeness (QED) is 0.665. The van der Waals surface area contributed by atoms with E-state index in [4.69, 9.17) is 13.9 Å². The first-order valence-electron chi connectivity index (χ1n) is 8.84. The van der Waals surface area contributed by atoms with Crippen LogP contribution in [-0.4, -0.2) is 41.6 Å². The van der Waals surface area contributed by atoms with E-state index in [0.717, 1.165) is 10.6 Å². The van der Waals surface area contributed by atoms with Gasteiger partial charge in [-0.25, -0.2) is 4.98 Å². The van der Waals surface area contributed by atoms with E-state index in [9.17, 15) is 4.79 Å². The maximum atomic E-state index is 13.0. The van der Waals surface area contributed by atoms with E-state index in [1.807, 2.05) is 50.2 Å². The molecule has 1 aliphatic heterocycles. The molecule has 3 aromatic rings. The summed E-state index contributed by atoms with van der Waals surface area (Å²) in [6.07, 6.45) is 1.39. The Hall–Kier alpha value is -2.80. The van der Waals surface area contributed by atoms with E-state index in [2.05, 4.69) is 4.98 Å². The number of carbonyl (C=O) groups is 1. The fraction of sp³-hybridized carbons (Fsp3) is 0.300. The second-order valence-electron chi connectivity index (χ2n) is 6.24. The molecule has 1 amide bonds. The van der Waals surface area contributed by atoms with Crippen LogP contribution in [0.4, 0.5) is 0 Å². The topological polar surface area (TPSA) is 64.8 Å². The second-order valence-corrected chi connectivity index (χ2v) is 7.45. The van der Waals surface area contributed by atoms with Gasteiger partial charge in [-0.2, -0.15) is 0 Å². The number of ether oxygens (including phenoxy) is 2. The zero-order chi connectivity index (χ0) is 18.8. The van der Waals surface area contributed by atoms with Crippen molar-refractivity contribution in [1.82, 2.24) is 9.88 Å². The summed E-state index contributed by atoms with van der Waals surface area (Å²) in [6.45, 7) is 5.27. The van der Waals surface area contributed by atoms with Crippen LogP contribution in [-0.2, 0) is 0 Å². The average molecular weight is 384 g/mol. The summed E-state index contributed by atoms with van der Waals surface area (Å²) in [4.78, 5) is 20.2. The molecule has 0 saturated carbocycles. The zero-order valence-electron chi connectivity index (χ0n) is 15.2. The maximum absolute atomic E-state index is 13.0. The molecule has 0 spiro atoms. The van der Waals surface area contributed by atoms with Gasteiger partial charge in [0.25, 0.3) is 5.91 Å². The minimum atomic E-state index is -0.215. The van der Waals surface area contributed by atoms with Crippen LogP contribution < -0.4 is 9.47 Å². The lowest BCUT2D eigenvalue weighted by molar-refractivity contribution is 0.0471. The number of thiazole rings is 1. The van der Waals surface area contributed by atoms with Crippen molar-refractivity contribution in [3.63, 3.8) is 0 Å². The number of rotatable bonds is 5. The molecule has 7 heteroatoms. The Morgan fingerprint density at radius 2 is 2.07 bits per heavy atom. The van der Waals surface area contributed by atoms with Crippen LogP contribution in [0.25, 0.3) is 10.8 Å². The summed E-state index contributed by atoms with van der Waals surface area (Å²) in [6, 6.07) is 11.2. The van der Waals surface area contributed by atoms with Gasteiger partial charge in [0.2, 0.25) is 0 Å². The van der Waals surface area contributed by atoms with Crippen LogP contribution in [0.15, 0.2) is 47.1 Å². The minimum Gasteiger partial charge on any atom is -0.486 e. The average Bonchev–Trinajstić information content (AvgIpc) is 3.35. The van der Waals surface area contributed by atoms with Crippen LogP contribution >= 0.6 is 11.3 Å². The van der Waals surface area contributed by atoms with Gasteiger partial charge in [0.05, 0.1) is 12.8 Å². The minimum absolute atomic E-state index is 0.105. The summed E-state index contributed by atoms with van der Waals surface area (Å²) >= 11 is 1.46. The molecular formula is C20H20N2O4S. The molecule has 3 heterocycles. The highest BCUT2D eigenvalue weighted by molar-refractivity contribution is 7.15. The number of likely N-dealkylation sites (N-methyl/N-ethyl adjacent to an activating group) is 1. The molecule has 1 aromatic carbocycles. The molecule has 6 nitrogen and oxygen atoms in total. The molecular weight excluding hydrogens is 364 g/mol. The predicted molar refractivity (Wildman–Crippen MR) is 102 cm³/mol. The fourth-order valence-electron chi connectivity index (χ4n) is 3.00. The summed E-state index contributed by atoms with van der Waals surface area (Å²) in [5.74, 6) is 2.01. The lowest BCUT2D eigenvalue weighted by atomic mass is 10.2. The van der Waals surface area contributed by atoms with Gasteiger partial charge in [0, 0.05) is 11.4 Å². The number of hydrogen-bond donors (Lipinski definition) is 0. The number of aryl methyl sites for hydroxylation is 1. The SMILES string of the molecule is CCN(CC1COc2ccccc2O1)C(=O)c1nc(-c2ccco2)sc1C. The Bertz CT molecular complexity index is 935. The van der Waals surface area contributed by atoms with E-state index >= 15 is 0 Å². The number of carbonyl (C=O) groups excluding carboxylic acids is 1. The van der Waals surface area contributed by atoms with Crippen LogP contribution in [0.3, 0.4) is 0 Å². The normalized spacial score (nSPS) is 15.6. The van der Waals surface area contributed by atoms with Crippen LogP contribution in [0.2, 0.25) is 0 Å². The first-order chi connectivity index (χ1) is 13.2. The first kappa shape index (κ1) is 17.6. The van der Waals surface area contributed by atoms with E-state index < -0.39 is 0 Å². The van der Waals surface area contributed by atoms with Crippen molar-refractivity contribution in [1.29, 1.82) is 0 Å². The number of furan rings is 1. The lowest BCUT2D eigenvalue weighted by Gasteiger charge is -2.30. The molecule has 1 aliphatic rings. The molecule has 27 heavy (non-hydrogen) atoms. The molecule has 2 aromatic heterocycles. The van der Waals surface area contributed by atoms with Gasteiger partial charge in [0.15, 0.2) is 28.4 Å². The third kappa shape index (κ3) is 3.55. The highest BCUT2D eigenvalue weighted by Gasteiger charge is 2.27. The number of amides is 1. The Kier molecular flexibility index (Phi) is 4.85. The standard InChI is InChI=1S/C20H20N2O4S/c1-3-22(11-14-12-25-15-7-4-5-8-16(15)26-14)20(23)18-13(2)27-19(21-18)17-9-6-10-24-17/h4-10,14H,3,11-12H2,1-2H3. The second kappa shape index (κ2) is 7.44. The number of hydrogen-bond acceptors (Lipinski definition) is 6. The highest BCUT2D eigenvalue weighted by atomic mass is 32.1. The van der Waals surface area contributed by atoms with Crippen molar-refractivity contribution in [2.75, 3.05) is 19.7 Å². The van der Waals surface area contributed by atoms with Gasteiger partial charge >= 0.3 is 0 Å². The van der Waals surface area contributed by atoms with Crippen LogP contribution in [0, 0.1) is 6.92 Å². The van der Waals surface area contributed by atoms with Gasteiger partial charge in [-0.05, 0) is 38.1 Å². The van der Waals surface area contributed by atoms with Gasteiger partial charge in [-0.1, -0.05) is 12.1 Å². The molecule has 0 N–H and O–H groups in total. The largest absolute Gasteiger partial charge is 0.486 e. The monoisotopic (exact) mass is 384 g/mol. The fourth-order valence-corrected chi connectivity index (χ4v) is 3.88. The number of nitrogens with zero attached hydrogens (tertiary/aromatic N) is 2. The van der Waals surface area contributed by atoms with Crippen molar-refractivity contribution in [2.45, 2.75) is 20.0 Å². The van der Waals surface area contributed by atoms with Crippen molar-refractivity contribution in [3.05, 3.63) is 53.2 Å². The van der Waals surface area contributed by atoms with Gasteiger partial charge in [0.1, 0.15) is 12.3 Å². The van der Waals surface area contributed by atoms with Crippen molar-refractivity contribution in [2.24, 2.45) is 0 Å². The molecule has 1 unspecified atom stereocenters. The number of benzene rings is 1. The van der Waals surface area contributed by atoms with Gasteiger partial charge < -0.3 is 18.8 Å². The molecule has 0 bridgehead atoms. The summed E-state index contributed by atoms with van der Waals surface area (Å²) in [7, 11) is 0. The Morgan fingerprint density at radius 1 is 1.26 bits per heavy atom. The zero-order valence-corrected chi connectivity index (χ0v) is 16.0. The third-order valence-corrected chi connectivity index (χ3v) is 5.38. The van der Waals surface area contributed by atoms with Gasteiger partial charge in [-0.15, -0.1) is 11.3 Å². The molecule has 0 fully saturated rings. The van der Waals surface area contributed by atoms with Crippen molar-refractivity contribution >= 4 is 17.2 Å². The third-order valence-electron chi connectivity index (χ3n) is 4.39.